The zero-order valence-corrected chi connectivity index (χ0v) is 10.8. The van der Waals surface area contributed by atoms with Gasteiger partial charge in [0.25, 0.3) is 5.91 Å². The van der Waals surface area contributed by atoms with E-state index in [1.165, 1.54) is 5.01 Å². The molecule has 1 unspecified atom stereocenters. The first-order chi connectivity index (χ1) is 9.05. The molecule has 2 heterocycles. The molecule has 0 spiro atoms. The fourth-order valence-electron chi connectivity index (χ4n) is 2.56. The van der Waals surface area contributed by atoms with Gasteiger partial charge in [0.2, 0.25) is 5.91 Å². The average Bonchev–Trinajstić information content (AvgIpc) is 2.40. The third-order valence-corrected chi connectivity index (χ3v) is 3.64. The van der Waals surface area contributed by atoms with Crippen LogP contribution in [0.2, 0.25) is 0 Å². The van der Waals surface area contributed by atoms with E-state index in [0.717, 1.165) is 0 Å². The molecule has 0 saturated carbocycles. The van der Waals surface area contributed by atoms with E-state index in [1.807, 2.05) is 6.92 Å². The maximum atomic E-state index is 12.5. The summed E-state index contributed by atoms with van der Waals surface area (Å²) >= 11 is 0. The molecular weight excluding hydrogens is 246 g/mol. The summed E-state index contributed by atoms with van der Waals surface area (Å²) in [7, 11) is 1.57. The summed E-state index contributed by atoms with van der Waals surface area (Å²) in [5.74, 6) is 0.269. The van der Waals surface area contributed by atoms with E-state index in [4.69, 9.17) is 4.74 Å². The standard InChI is InChI=1S/C13H15N3O3/c1-13-7-6-10(17)15-16(13)12(18)8-4-3-5-9(19-2)11(8)14-13/h3-5,14H,6-7H2,1-2H3,(H,15,17). The van der Waals surface area contributed by atoms with Crippen molar-refractivity contribution in [1.29, 1.82) is 0 Å². The number of fused-ring (bicyclic) bond motifs is 2. The molecular formula is C13H15N3O3. The van der Waals surface area contributed by atoms with Crippen LogP contribution in [0.15, 0.2) is 18.2 Å². The molecule has 0 radical (unpaired) electrons. The van der Waals surface area contributed by atoms with E-state index in [9.17, 15) is 9.59 Å². The van der Waals surface area contributed by atoms with Crippen LogP contribution in [-0.4, -0.2) is 29.6 Å². The SMILES string of the molecule is COc1cccc2c1NC1(C)CCC(=O)NN1C2=O. The van der Waals surface area contributed by atoms with Gasteiger partial charge in [0.05, 0.1) is 18.4 Å². The zero-order chi connectivity index (χ0) is 13.6. The molecule has 19 heavy (non-hydrogen) atoms. The van der Waals surface area contributed by atoms with Gasteiger partial charge < -0.3 is 10.1 Å². The Morgan fingerprint density at radius 1 is 1.37 bits per heavy atom. The van der Waals surface area contributed by atoms with Crippen LogP contribution in [0.25, 0.3) is 0 Å². The number of nitrogens with one attached hydrogen (secondary N) is 2. The molecule has 1 aromatic carbocycles. The molecule has 0 aliphatic carbocycles. The van der Waals surface area contributed by atoms with Crippen molar-refractivity contribution in [1.82, 2.24) is 10.4 Å². The summed E-state index contributed by atoms with van der Waals surface area (Å²) in [6.45, 7) is 1.89. The fraction of sp³-hybridized carbons (Fsp3) is 0.385. The third-order valence-electron chi connectivity index (χ3n) is 3.64. The Morgan fingerprint density at radius 2 is 2.16 bits per heavy atom. The van der Waals surface area contributed by atoms with Gasteiger partial charge in [0.15, 0.2) is 0 Å². The number of ether oxygens (including phenoxy) is 1. The molecule has 2 N–H and O–H groups in total. The van der Waals surface area contributed by atoms with E-state index in [1.54, 1.807) is 25.3 Å². The Kier molecular flexibility index (Phi) is 2.41. The molecule has 100 valence electrons. The number of anilines is 1. The van der Waals surface area contributed by atoms with E-state index in [-0.39, 0.29) is 11.8 Å². The highest BCUT2D eigenvalue weighted by molar-refractivity contribution is 6.04. The lowest BCUT2D eigenvalue weighted by Crippen LogP contribution is -2.67. The smallest absolute Gasteiger partial charge is 0.276 e. The van der Waals surface area contributed by atoms with E-state index >= 15 is 0 Å². The van der Waals surface area contributed by atoms with Crippen molar-refractivity contribution in [2.24, 2.45) is 0 Å². The molecule has 2 aliphatic heterocycles. The van der Waals surface area contributed by atoms with Crippen LogP contribution in [0.3, 0.4) is 0 Å². The van der Waals surface area contributed by atoms with Gasteiger partial charge in [-0.05, 0) is 25.5 Å². The Balaban J connectivity index is 2.11. The second kappa shape index (κ2) is 3.88. The first kappa shape index (κ1) is 11.8. The average molecular weight is 261 g/mol. The van der Waals surface area contributed by atoms with Gasteiger partial charge in [-0.1, -0.05) is 6.07 Å². The van der Waals surface area contributed by atoms with Crippen molar-refractivity contribution in [3.8, 4) is 5.75 Å². The lowest BCUT2D eigenvalue weighted by molar-refractivity contribution is -0.131. The molecule has 1 aromatic rings. The quantitative estimate of drug-likeness (QED) is 0.794. The number of benzene rings is 1. The number of carbonyl (C=O) groups is 2. The summed E-state index contributed by atoms with van der Waals surface area (Å²) in [6, 6.07) is 5.28. The van der Waals surface area contributed by atoms with Crippen molar-refractivity contribution in [3.63, 3.8) is 0 Å². The fourth-order valence-corrected chi connectivity index (χ4v) is 2.56. The molecule has 1 atom stereocenters. The first-order valence-corrected chi connectivity index (χ1v) is 6.14. The minimum atomic E-state index is -0.618. The summed E-state index contributed by atoms with van der Waals surface area (Å²) in [5.41, 5.74) is 3.19. The number of rotatable bonds is 1. The number of methoxy groups -OCH3 is 1. The molecule has 0 aromatic heterocycles. The molecule has 2 amide bonds. The molecule has 1 fully saturated rings. The van der Waals surface area contributed by atoms with Crippen LogP contribution < -0.4 is 15.5 Å². The Morgan fingerprint density at radius 3 is 2.89 bits per heavy atom. The monoisotopic (exact) mass is 261 g/mol. The lowest BCUT2D eigenvalue weighted by atomic mass is 9.96. The predicted octanol–water partition coefficient (Wildman–Crippen LogP) is 1.10. The zero-order valence-electron chi connectivity index (χ0n) is 10.8. The number of para-hydroxylation sites is 1. The first-order valence-electron chi connectivity index (χ1n) is 6.14. The van der Waals surface area contributed by atoms with Crippen molar-refractivity contribution >= 4 is 17.5 Å². The number of nitrogens with zero attached hydrogens (tertiary/aromatic N) is 1. The third kappa shape index (κ3) is 1.63. The number of hydrazine groups is 1. The van der Waals surface area contributed by atoms with E-state index in [2.05, 4.69) is 10.7 Å². The molecule has 0 bridgehead atoms. The largest absolute Gasteiger partial charge is 0.495 e. The Bertz CT molecular complexity index is 572. The second-order valence-electron chi connectivity index (χ2n) is 4.96. The van der Waals surface area contributed by atoms with Gasteiger partial charge in [-0.3, -0.25) is 15.0 Å². The lowest BCUT2D eigenvalue weighted by Gasteiger charge is -2.48. The molecule has 6 heteroatoms. The number of amides is 2. The van der Waals surface area contributed by atoms with Crippen molar-refractivity contribution in [3.05, 3.63) is 23.8 Å². The second-order valence-corrected chi connectivity index (χ2v) is 4.96. The van der Waals surface area contributed by atoms with Crippen molar-refractivity contribution in [2.75, 3.05) is 12.4 Å². The van der Waals surface area contributed by atoms with Crippen LogP contribution in [-0.2, 0) is 4.79 Å². The highest BCUT2D eigenvalue weighted by Crippen LogP contribution is 2.39. The Labute approximate surface area is 110 Å². The summed E-state index contributed by atoms with van der Waals surface area (Å²) < 4.78 is 5.29. The van der Waals surface area contributed by atoms with Crippen LogP contribution in [0, 0.1) is 0 Å². The molecule has 3 rings (SSSR count). The van der Waals surface area contributed by atoms with E-state index in [0.29, 0.717) is 29.8 Å². The summed E-state index contributed by atoms with van der Waals surface area (Å²) in [5, 5.41) is 4.69. The topological polar surface area (TPSA) is 70.7 Å². The maximum Gasteiger partial charge on any atom is 0.276 e. The minimum absolute atomic E-state index is 0.140. The normalized spacial score (nSPS) is 25.1. The molecule has 2 aliphatic rings. The number of carbonyl (C=O) groups excluding carboxylic acids is 2. The van der Waals surface area contributed by atoms with Crippen molar-refractivity contribution in [2.45, 2.75) is 25.4 Å². The van der Waals surface area contributed by atoms with Crippen LogP contribution in [0.5, 0.6) is 5.75 Å². The molecule has 1 saturated heterocycles. The number of hydrogen-bond donors (Lipinski definition) is 2. The summed E-state index contributed by atoms with van der Waals surface area (Å²) in [6.07, 6.45) is 0.944. The minimum Gasteiger partial charge on any atom is -0.495 e. The number of hydrogen-bond acceptors (Lipinski definition) is 4. The van der Waals surface area contributed by atoms with Gasteiger partial charge in [0.1, 0.15) is 11.4 Å². The maximum absolute atomic E-state index is 12.5. The molecule has 6 nitrogen and oxygen atoms in total. The highest BCUT2D eigenvalue weighted by atomic mass is 16.5. The van der Waals surface area contributed by atoms with Crippen molar-refractivity contribution < 1.29 is 14.3 Å². The van der Waals surface area contributed by atoms with Gasteiger partial charge in [-0.2, -0.15) is 0 Å². The van der Waals surface area contributed by atoms with Gasteiger partial charge in [0, 0.05) is 6.42 Å². The Hall–Kier alpha value is -2.24. The predicted molar refractivity (Wildman–Crippen MR) is 68.6 cm³/mol. The van der Waals surface area contributed by atoms with Crippen LogP contribution >= 0.6 is 0 Å². The summed E-state index contributed by atoms with van der Waals surface area (Å²) in [4.78, 5) is 24.0. The van der Waals surface area contributed by atoms with Gasteiger partial charge >= 0.3 is 0 Å². The van der Waals surface area contributed by atoms with Crippen LogP contribution in [0.4, 0.5) is 5.69 Å². The van der Waals surface area contributed by atoms with Gasteiger partial charge in [-0.15, -0.1) is 0 Å². The van der Waals surface area contributed by atoms with Gasteiger partial charge in [-0.25, -0.2) is 5.01 Å². The highest BCUT2D eigenvalue weighted by Gasteiger charge is 2.45. The van der Waals surface area contributed by atoms with Crippen LogP contribution in [0.1, 0.15) is 30.1 Å². The van der Waals surface area contributed by atoms with E-state index < -0.39 is 5.66 Å².